The van der Waals surface area contributed by atoms with Crippen LogP contribution in [0.3, 0.4) is 0 Å². The number of Topliss-reactive ketones (excluding diaryl/α,β-unsaturated/α-hetero) is 1. The van der Waals surface area contributed by atoms with Crippen molar-refractivity contribution in [2.24, 2.45) is 5.92 Å². The minimum atomic E-state index is 0.203. The maximum atomic E-state index is 11.4. The van der Waals surface area contributed by atoms with Crippen molar-refractivity contribution in [1.29, 1.82) is 0 Å². The number of nitrogens with zero attached hydrogens (tertiary/aromatic N) is 1. The van der Waals surface area contributed by atoms with Crippen LogP contribution < -0.4 is 4.74 Å². The summed E-state index contributed by atoms with van der Waals surface area (Å²) in [4.78, 5) is 13.8. The molecule has 3 nitrogen and oxygen atoms in total. The van der Waals surface area contributed by atoms with Crippen molar-refractivity contribution in [3.63, 3.8) is 0 Å². The van der Waals surface area contributed by atoms with Gasteiger partial charge in [0, 0.05) is 32.0 Å². The van der Waals surface area contributed by atoms with Gasteiger partial charge in [0.05, 0.1) is 6.61 Å². The number of benzene rings is 1. The number of likely N-dealkylation sites (tertiary alicyclic amines) is 1. The number of rotatable bonds is 5. The van der Waals surface area contributed by atoms with E-state index in [1.165, 1.54) is 0 Å². The van der Waals surface area contributed by atoms with Crippen LogP contribution in [-0.4, -0.2) is 36.9 Å². The van der Waals surface area contributed by atoms with Crippen LogP contribution in [0.1, 0.15) is 19.8 Å². The Labute approximate surface area is 109 Å². The lowest BCUT2D eigenvalue weighted by Crippen LogP contribution is -2.40. The molecule has 0 amide bonds. The predicted octanol–water partition coefficient (Wildman–Crippen LogP) is 2.37. The topological polar surface area (TPSA) is 29.5 Å². The molecule has 0 spiro atoms. The third-order valence-corrected chi connectivity index (χ3v) is 3.39. The molecule has 0 radical (unpaired) electrons. The minimum Gasteiger partial charge on any atom is -0.494 e. The smallest absolute Gasteiger partial charge is 0.138 e. The van der Waals surface area contributed by atoms with Gasteiger partial charge in [-0.1, -0.05) is 25.1 Å². The Bertz CT molecular complexity index is 377. The van der Waals surface area contributed by atoms with Gasteiger partial charge in [-0.2, -0.15) is 0 Å². The van der Waals surface area contributed by atoms with Crippen LogP contribution in [0.5, 0.6) is 5.75 Å². The summed E-state index contributed by atoms with van der Waals surface area (Å²) in [6, 6.07) is 9.89. The number of ketones is 1. The van der Waals surface area contributed by atoms with E-state index in [9.17, 15) is 4.79 Å². The van der Waals surface area contributed by atoms with Crippen molar-refractivity contribution in [2.75, 3.05) is 26.2 Å². The standard InChI is InChI=1S/C15H21NO2/c1-13-12-16(10-8-15(13)17)9-5-11-18-14-6-3-2-4-7-14/h2-4,6-7,13H,5,8-12H2,1H3. The summed E-state index contributed by atoms with van der Waals surface area (Å²) in [6.07, 6.45) is 1.72. The molecule has 2 rings (SSSR count). The maximum Gasteiger partial charge on any atom is 0.138 e. The van der Waals surface area contributed by atoms with Crippen molar-refractivity contribution in [2.45, 2.75) is 19.8 Å². The van der Waals surface area contributed by atoms with Crippen LogP contribution in [0.4, 0.5) is 0 Å². The second kappa shape index (κ2) is 6.55. The van der Waals surface area contributed by atoms with Crippen LogP contribution in [0.25, 0.3) is 0 Å². The molecule has 0 N–H and O–H groups in total. The third kappa shape index (κ3) is 3.84. The Kier molecular flexibility index (Phi) is 4.76. The molecule has 1 aliphatic rings. The van der Waals surface area contributed by atoms with Gasteiger partial charge in [-0.3, -0.25) is 4.79 Å². The van der Waals surface area contributed by atoms with E-state index in [-0.39, 0.29) is 5.92 Å². The first-order valence-electron chi connectivity index (χ1n) is 6.68. The van der Waals surface area contributed by atoms with Crippen LogP contribution in [0.2, 0.25) is 0 Å². The number of ether oxygens (including phenoxy) is 1. The van der Waals surface area contributed by atoms with Crippen molar-refractivity contribution in [1.82, 2.24) is 4.90 Å². The molecule has 1 atom stereocenters. The maximum absolute atomic E-state index is 11.4. The highest BCUT2D eigenvalue weighted by Gasteiger charge is 2.22. The monoisotopic (exact) mass is 247 g/mol. The normalized spacial score (nSPS) is 20.9. The van der Waals surface area contributed by atoms with Crippen LogP contribution in [-0.2, 0) is 4.79 Å². The molecule has 0 bridgehead atoms. The predicted molar refractivity (Wildman–Crippen MR) is 71.8 cm³/mol. The van der Waals surface area contributed by atoms with Gasteiger partial charge >= 0.3 is 0 Å². The van der Waals surface area contributed by atoms with Gasteiger partial charge in [0.25, 0.3) is 0 Å². The summed E-state index contributed by atoms with van der Waals surface area (Å²) in [5.74, 6) is 1.54. The van der Waals surface area contributed by atoms with E-state index >= 15 is 0 Å². The van der Waals surface area contributed by atoms with E-state index in [1.54, 1.807) is 0 Å². The average molecular weight is 247 g/mol. The summed E-state index contributed by atoms with van der Waals surface area (Å²) in [5, 5.41) is 0. The first-order chi connectivity index (χ1) is 8.75. The van der Waals surface area contributed by atoms with Crippen LogP contribution >= 0.6 is 0 Å². The van der Waals surface area contributed by atoms with Gasteiger partial charge in [-0.25, -0.2) is 0 Å². The molecule has 18 heavy (non-hydrogen) atoms. The Morgan fingerprint density at radius 3 is 2.83 bits per heavy atom. The minimum absolute atomic E-state index is 0.203. The molecule has 0 aromatic heterocycles. The summed E-state index contributed by atoms with van der Waals surface area (Å²) in [6.45, 7) is 5.60. The molecule has 1 aliphatic heterocycles. The van der Waals surface area contributed by atoms with Crippen LogP contribution in [0, 0.1) is 5.92 Å². The fourth-order valence-electron chi connectivity index (χ4n) is 2.29. The molecule has 3 heteroatoms. The highest BCUT2D eigenvalue weighted by molar-refractivity contribution is 5.81. The van der Waals surface area contributed by atoms with E-state index in [4.69, 9.17) is 4.74 Å². The lowest BCUT2D eigenvalue weighted by atomic mass is 9.98. The Balaban J connectivity index is 1.63. The Morgan fingerprint density at radius 2 is 2.11 bits per heavy atom. The number of hydrogen-bond donors (Lipinski definition) is 0. The van der Waals surface area contributed by atoms with Gasteiger partial charge in [-0.15, -0.1) is 0 Å². The number of carbonyl (C=O) groups excluding carboxylic acids is 1. The molecular weight excluding hydrogens is 226 g/mol. The third-order valence-electron chi connectivity index (χ3n) is 3.39. The summed E-state index contributed by atoms with van der Waals surface area (Å²) < 4.78 is 5.65. The molecule has 1 fully saturated rings. The molecule has 98 valence electrons. The highest BCUT2D eigenvalue weighted by Crippen LogP contribution is 2.13. The fourth-order valence-corrected chi connectivity index (χ4v) is 2.29. The van der Waals surface area contributed by atoms with E-state index in [2.05, 4.69) is 4.90 Å². The number of hydrogen-bond acceptors (Lipinski definition) is 3. The van der Waals surface area contributed by atoms with Gasteiger partial charge in [0.2, 0.25) is 0 Å². The first kappa shape index (κ1) is 13.1. The fraction of sp³-hybridized carbons (Fsp3) is 0.533. The zero-order valence-corrected chi connectivity index (χ0v) is 11.0. The second-order valence-corrected chi connectivity index (χ2v) is 4.93. The van der Waals surface area contributed by atoms with Gasteiger partial charge in [-0.05, 0) is 18.6 Å². The van der Waals surface area contributed by atoms with Crippen molar-refractivity contribution in [3.05, 3.63) is 30.3 Å². The van der Waals surface area contributed by atoms with E-state index in [1.807, 2.05) is 37.3 Å². The quantitative estimate of drug-likeness (QED) is 0.748. The van der Waals surface area contributed by atoms with Gasteiger partial charge in [0.15, 0.2) is 0 Å². The molecule has 0 aliphatic carbocycles. The molecule has 1 saturated heterocycles. The van der Waals surface area contributed by atoms with E-state index in [0.717, 1.165) is 38.4 Å². The SMILES string of the molecule is CC1CN(CCCOc2ccccc2)CCC1=O. The highest BCUT2D eigenvalue weighted by atomic mass is 16.5. The lowest BCUT2D eigenvalue weighted by Gasteiger charge is -2.29. The first-order valence-corrected chi connectivity index (χ1v) is 6.68. The largest absolute Gasteiger partial charge is 0.494 e. The molecular formula is C15H21NO2. The number of piperidine rings is 1. The van der Waals surface area contributed by atoms with Gasteiger partial charge in [0.1, 0.15) is 11.5 Å². The molecule has 1 aromatic carbocycles. The number of para-hydroxylation sites is 1. The van der Waals surface area contributed by atoms with Crippen LogP contribution in [0.15, 0.2) is 30.3 Å². The molecule has 0 saturated carbocycles. The van der Waals surface area contributed by atoms with Crippen molar-refractivity contribution in [3.8, 4) is 5.75 Å². The molecule has 1 heterocycles. The lowest BCUT2D eigenvalue weighted by molar-refractivity contribution is -0.125. The Morgan fingerprint density at radius 1 is 1.33 bits per heavy atom. The van der Waals surface area contributed by atoms with Gasteiger partial charge < -0.3 is 9.64 Å². The molecule has 1 unspecified atom stereocenters. The summed E-state index contributed by atoms with van der Waals surface area (Å²) >= 11 is 0. The van der Waals surface area contributed by atoms with E-state index < -0.39 is 0 Å². The van der Waals surface area contributed by atoms with E-state index in [0.29, 0.717) is 12.2 Å². The zero-order chi connectivity index (χ0) is 12.8. The zero-order valence-electron chi connectivity index (χ0n) is 11.0. The average Bonchev–Trinajstić information content (AvgIpc) is 2.40. The summed E-state index contributed by atoms with van der Waals surface area (Å²) in [7, 11) is 0. The number of carbonyl (C=O) groups is 1. The molecule has 1 aromatic rings. The Hall–Kier alpha value is -1.35. The second-order valence-electron chi connectivity index (χ2n) is 4.93. The van der Waals surface area contributed by atoms with Crippen molar-refractivity contribution < 1.29 is 9.53 Å². The summed E-state index contributed by atoms with van der Waals surface area (Å²) in [5.41, 5.74) is 0. The van der Waals surface area contributed by atoms with Crippen molar-refractivity contribution >= 4 is 5.78 Å².